The highest BCUT2D eigenvalue weighted by Gasteiger charge is 2.14. The van der Waals surface area contributed by atoms with E-state index in [1.54, 1.807) is 37.4 Å². The zero-order chi connectivity index (χ0) is 13.9. The molecule has 0 saturated heterocycles. The lowest BCUT2D eigenvalue weighted by Crippen LogP contribution is -2.23. The van der Waals surface area contributed by atoms with Crippen LogP contribution in [-0.2, 0) is 16.6 Å². The molecule has 100 valence electrons. The van der Waals surface area contributed by atoms with Gasteiger partial charge >= 0.3 is 0 Å². The van der Waals surface area contributed by atoms with Gasteiger partial charge in [0.25, 0.3) is 0 Å². The van der Waals surface area contributed by atoms with Crippen molar-refractivity contribution in [3.63, 3.8) is 0 Å². The van der Waals surface area contributed by atoms with E-state index in [9.17, 15) is 8.42 Å². The summed E-state index contributed by atoms with van der Waals surface area (Å²) in [6.45, 7) is 1.93. The SMILES string of the molecule is Cc1cc(S(=O)(=O)NCc2ccccn2)ccc1N. The Balaban J connectivity index is 2.16. The fourth-order valence-electron chi connectivity index (χ4n) is 1.57. The number of nitrogens with two attached hydrogens (primary N) is 1. The number of aromatic nitrogens is 1. The van der Waals surface area contributed by atoms with Crippen molar-refractivity contribution in [2.45, 2.75) is 18.4 Å². The number of nitrogen functional groups attached to an aromatic ring is 1. The number of hydrogen-bond acceptors (Lipinski definition) is 4. The number of hydrogen-bond donors (Lipinski definition) is 2. The maximum atomic E-state index is 12.1. The minimum atomic E-state index is -3.54. The normalized spacial score (nSPS) is 11.4. The number of nitrogens with one attached hydrogen (secondary N) is 1. The van der Waals surface area contributed by atoms with Crippen LogP contribution in [0.1, 0.15) is 11.3 Å². The first-order valence-corrected chi connectivity index (χ1v) is 7.23. The van der Waals surface area contributed by atoms with Gasteiger partial charge in [0.2, 0.25) is 10.0 Å². The van der Waals surface area contributed by atoms with Crippen molar-refractivity contribution < 1.29 is 8.42 Å². The van der Waals surface area contributed by atoms with Crippen molar-refractivity contribution >= 4 is 15.7 Å². The van der Waals surface area contributed by atoms with Gasteiger partial charge in [-0.25, -0.2) is 13.1 Å². The minimum absolute atomic E-state index is 0.159. The van der Waals surface area contributed by atoms with Crippen LogP contribution >= 0.6 is 0 Å². The lowest BCUT2D eigenvalue weighted by atomic mass is 10.2. The smallest absolute Gasteiger partial charge is 0.240 e. The molecule has 0 atom stereocenters. The number of nitrogens with zero attached hydrogens (tertiary/aromatic N) is 1. The summed E-state index contributed by atoms with van der Waals surface area (Å²) in [7, 11) is -3.54. The Kier molecular flexibility index (Phi) is 3.82. The second kappa shape index (κ2) is 5.38. The fraction of sp³-hybridized carbons (Fsp3) is 0.154. The topological polar surface area (TPSA) is 85.1 Å². The van der Waals surface area contributed by atoms with Gasteiger partial charge in [-0.15, -0.1) is 0 Å². The van der Waals surface area contributed by atoms with Crippen LogP contribution in [0.4, 0.5) is 5.69 Å². The number of aryl methyl sites for hydroxylation is 1. The molecule has 0 aliphatic carbocycles. The minimum Gasteiger partial charge on any atom is -0.399 e. The van der Waals surface area contributed by atoms with Gasteiger partial charge in [-0.3, -0.25) is 4.98 Å². The highest BCUT2D eigenvalue weighted by Crippen LogP contribution is 2.16. The zero-order valence-corrected chi connectivity index (χ0v) is 11.3. The maximum absolute atomic E-state index is 12.1. The van der Waals surface area contributed by atoms with Crippen LogP contribution in [0.25, 0.3) is 0 Å². The van der Waals surface area contributed by atoms with E-state index in [0.717, 1.165) is 5.56 Å². The molecule has 0 spiro atoms. The molecule has 1 heterocycles. The number of sulfonamides is 1. The predicted molar refractivity (Wildman–Crippen MR) is 73.9 cm³/mol. The lowest BCUT2D eigenvalue weighted by Gasteiger charge is -2.08. The van der Waals surface area contributed by atoms with E-state index in [2.05, 4.69) is 9.71 Å². The molecule has 1 aromatic carbocycles. The van der Waals surface area contributed by atoms with Gasteiger partial charge in [-0.1, -0.05) is 6.07 Å². The average Bonchev–Trinajstić information content (AvgIpc) is 2.41. The van der Waals surface area contributed by atoms with E-state index in [1.165, 1.54) is 6.07 Å². The summed E-state index contributed by atoms with van der Waals surface area (Å²) in [4.78, 5) is 4.26. The molecule has 2 rings (SSSR count). The molecule has 0 amide bonds. The number of anilines is 1. The van der Waals surface area contributed by atoms with Crippen molar-refractivity contribution in [3.8, 4) is 0 Å². The molecule has 0 radical (unpaired) electrons. The molecule has 2 aromatic rings. The lowest BCUT2D eigenvalue weighted by molar-refractivity contribution is 0.580. The van der Waals surface area contributed by atoms with E-state index in [-0.39, 0.29) is 11.4 Å². The van der Waals surface area contributed by atoms with Gasteiger partial charge in [-0.05, 0) is 42.8 Å². The van der Waals surface area contributed by atoms with Crippen LogP contribution in [-0.4, -0.2) is 13.4 Å². The second-order valence-corrected chi connectivity index (χ2v) is 5.93. The fourth-order valence-corrected chi connectivity index (χ4v) is 2.65. The molecule has 6 heteroatoms. The van der Waals surface area contributed by atoms with E-state index >= 15 is 0 Å². The molecule has 0 unspecified atom stereocenters. The summed E-state index contributed by atoms with van der Waals surface area (Å²) in [6, 6.07) is 9.98. The first-order valence-electron chi connectivity index (χ1n) is 5.75. The van der Waals surface area contributed by atoms with Gasteiger partial charge < -0.3 is 5.73 Å². The molecule has 5 nitrogen and oxygen atoms in total. The first-order chi connectivity index (χ1) is 8.99. The van der Waals surface area contributed by atoms with Crippen molar-refractivity contribution in [3.05, 3.63) is 53.9 Å². The van der Waals surface area contributed by atoms with Gasteiger partial charge in [-0.2, -0.15) is 0 Å². The molecule has 19 heavy (non-hydrogen) atoms. The predicted octanol–water partition coefficient (Wildman–Crippen LogP) is 1.45. The third kappa shape index (κ3) is 3.30. The van der Waals surface area contributed by atoms with E-state index < -0.39 is 10.0 Å². The average molecular weight is 277 g/mol. The molecular formula is C13H15N3O2S. The van der Waals surface area contributed by atoms with Crippen molar-refractivity contribution in [1.82, 2.24) is 9.71 Å². The molecule has 0 fully saturated rings. The largest absolute Gasteiger partial charge is 0.399 e. The number of benzene rings is 1. The summed E-state index contributed by atoms with van der Waals surface area (Å²) in [5.74, 6) is 0. The third-order valence-electron chi connectivity index (χ3n) is 2.72. The van der Waals surface area contributed by atoms with Crippen LogP contribution in [0.2, 0.25) is 0 Å². The summed E-state index contributed by atoms with van der Waals surface area (Å²) < 4.78 is 26.7. The van der Waals surface area contributed by atoms with Gasteiger partial charge in [0.15, 0.2) is 0 Å². The Morgan fingerprint density at radius 3 is 2.68 bits per heavy atom. The molecule has 3 N–H and O–H groups in total. The zero-order valence-electron chi connectivity index (χ0n) is 10.5. The second-order valence-electron chi connectivity index (χ2n) is 4.16. The third-order valence-corrected chi connectivity index (χ3v) is 4.12. The molecule has 0 aliphatic heterocycles. The standard InChI is InChI=1S/C13H15N3O2S/c1-10-8-12(5-6-13(10)14)19(17,18)16-9-11-4-2-3-7-15-11/h2-8,16H,9,14H2,1H3. The Hall–Kier alpha value is -1.92. The van der Waals surface area contributed by atoms with Crippen LogP contribution in [0.15, 0.2) is 47.5 Å². The summed E-state index contributed by atoms with van der Waals surface area (Å²) >= 11 is 0. The van der Waals surface area contributed by atoms with Gasteiger partial charge in [0.1, 0.15) is 0 Å². The van der Waals surface area contributed by atoms with Crippen LogP contribution in [0.5, 0.6) is 0 Å². The Bertz CT molecular complexity index is 670. The highest BCUT2D eigenvalue weighted by atomic mass is 32.2. The van der Waals surface area contributed by atoms with Crippen molar-refractivity contribution in [2.75, 3.05) is 5.73 Å². The van der Waals surface area contributed by atoms with Crippen molar-refractivity contribution in [1.29, 1.82) is 0 Å². The van der Waals surface area contributed by atoms with Crippen LogP contribution in [0.3, 0.4) is 0 Å². The quantitative estimate of drug-likeness (QED) is 0.828. The molecule has 1 aromatic heterocycles. The Morgan fingerprint density at radius 1 is 1.26 bits per heavy atom. The van der Waals surface area contributed by atoms with Gasteiger partial charge in [0, 0.05) is 11.9 Å². The van der Waals surface area contributed by atoms with Gasteiger partial charge in [0.05, 0.1) is 17.1 Å². The van der Waals surface area contributed by atoms with E-state index in [0.29, 0.717) is 11.4 Å². The molecular weight excluding hydrogens is 262 g/mol. The summed E-state index contributed by atoms with van der Waals surface area (Å²) in [5, 5.41) is 0. The summed E-state index contributed by atoms with van der Waals surface area (Å²) in [5.41, 5.74) is 7.65. The highest BCUT2D eigenvalue weighted by molar-refractivity contribution is 7.89. The Labute approximate surface area is 112 Å². The van der Waals surface area contributed by atoms with Crippen molar-refractivity contribution in [2.24, 2.45) is 0 Å². The molecule has 0 saturated carbocycles. The number of rotatable bonds is 4. The Morgan fingerprint density at radius 2 is 2.05 bits per heavy atom. The number of pyridine rings is 1. The van der Waals surface area contributed by atoms with E-state index in [4.69, 9.17) is 5.73 Å². The van der Waals surface area contributed by atoms with Crippen LogP contribution in [0, 0.1) is 6.92 Å². The molecule has 0 bridgehead atoms. The monoisotopic (exact) mass is 277 g/mol. The van der Waals surface area contributed by atoms with E-state index in [1.807, 2.05) is 6.07 Å². The first kappa shape index (κ1) is 13.5. The summed E-state index contributed by atoms with van der Waals surface area (Å²) in [6.07, 6.45) is 1.62. The van der Waals surface area contributed by atoms with Crippen LogP contribution < -0.4 is 10.5 Å². The maximum Gasteiger partial charge on any atom is 0.240 e. The molecule has 0 aliphatic rings.